The molecular weight excluding hydrogens is 166 g/mol. The Balaban J connectivity index is 3.29. The highest BCUT2D eigenvalue weighted by molar-refractivity contribution is 5.66. The van der Waals surface area contributed by atoms with Crippen molar-refractivity contribution < 1.29 is 9.90 Å². The summed E-state index contributed by atoms with van der Waals surface area (Å²) in [6, 6.07) is 0. The highest BCUT2D eigenvalue weighted by atomic mass is 16.4. The van der Waals surface area contributed by atoms with Crippen LogP contribution in [0.2, 0.25) is 0 Å². The van der Waals surface area contributed by atoms with Crippen molar-refractivity contribution in [2.45, 2.75) is 33.1 Å². The molecule has 0 aliphatic heterocycles. The fraction of sp³-hybridized carbons (Fsp3) is 0.900. The molecule has 0 fully saturated rings. The molecule has 0 unspecified atom stereocenters. The number of nitrogens with zero attached hydrogens (tertiary/aromatic N) is 1. The quantitative estimate of drug-likeness (QED) is 0.661. The van der Waals surface area contributed by atoms with Crippen molar-refractivity contribution in [1.29, 1.82) is 0 Å². The first kappa shape index (κ1) is 12.4. The molecule has 0 aliphatic carbocycles. The van der Waals surface area contributed by atoms with Crippen LogP contribution < -0.4 is 0 Å². The lowest BCUT2D eigenvalue weighted by molar-refractivity contribution is -0.137. The lowest BCUT2D eigenvalue weighted by Crippen LogP contribution is -2.22. The molecule has 0 radical (unpaired) electrons. The molecule has 0 saturated carbocycles. The van der Waals surface area contributed by atoms with E-state index in [0.29, 0.717) is 0 Å². The Morgan fingerprint density at radius 2 is 2.00 bits per heavy atom. The van der Waals surface area contributed by atoms with Crippen LogP contribution in [0.25, 0.3) is 0 Å². The Kier molecular flexibility index (Phi) is 6.59. The average molecular weight is 187 g/mol. The SMILES string of the molecule is CC(C)CCN(C)CCCC(=O)O. The molecule has 0 rings (SSSR count). The number of carbonyl (C=O) groups is 1. The Bertz CT molecular complexity index is 146. The van der Waals surface area contributed by atoms with Crippen molar-refractivity contribution in [3.63, 3.8) is 0 Å². The van der Waals surface area contributed by atoms with Crippen LogP contribution in [-0.2, 0) is 4.79 Å². The second-order valence-corrected chi connectivity index (χ2v) is 3.98. The molecule has 0 aromatic carbocycles. The van der Waals surface area contributed by atoms with E-state index in [0.717, 1.165) is 25.4 Å². The van der Waals surface area contributed by atoms with Gasteiger partial charge in [-0.15, -0.1) is 0 Å². The van der Waals surface area contributed by atoms with Gasteiger partial charge in [-0.25, -0.2) is 0 Å². The first-order chi connectivity index (χ1) is 6.02. The standard InChI is InChI=1S/C10H21NO2/c1-9(2)6-8-11(3)7-4-5-10(12)13/h9H,4-8H2,1-3H3,(H,12,13). The van der Waals surface area contributed by atoms with Gasteiger partial charge < -0.3 is 10.0 Å². The maximum Gasteiger partial charge on any atom is 0.303 e. The zero-order chi connectivity index (χ0) is 10.3. The third kappa shape index (κ3) is 9.34. The summed E-state index contributed by atoms with van der Waals surface area (Å²) in [5.41, 5.74) is 0. The number of carboxylic acids is 1. The zero-order valence-corrected chi connectivity index (χ0v) is 8.92. The molecule has 0 heterocycles. The van der Waals surface area contributed by atoms with Crippen LogP contribution in [0, 0.1) is 5.92 Å². The van der Waals surface area contributed by atoms with Gasteiger partial charge in [0.05, 0.1) is 0 Å². The Morgan fingerprint density at radius 1 is 1.38 bits per heavy atom. The van der Waals surface area contributed by atoms with E-state index in [1.54, 1.807) is 0 Å². The molecule has 0 amide bonds. The van der Waals surface area contributed by atoms with E-state index >= 15 is 0 Å². The van der Waals surface area contributed by atoms with Crippen LogP contribution in [0.1, 0.15) is 33.1 Å². The van der Waals surface area contributed by atoms with Gasteiger partial charge in [0.15, 0.2) is 0 Å². The largest absolute Gasteiger partial charge is 0.481 e. The summed E-state index contributed by atoms with van der Waals surface area (Å²) >= 11 is 0. The molecule has 0 bridgehead atoms. The molecule has 1 N–H and O–H groups in total. The first-order valence-electron chi connectivity index (χ1n) is 4.92. The molecule has 0 aromatic heterocycles. The fourth-order valence-corrected chi connectivity index (χ4v) is 1.09. The highest BCUT2D eigenvalue weighted by Crippen LogP contribution is 2.01. The van der Waals surface area contributed by atoms with Crippen molar-refractivity contribution in [2.75, 3.05) is 20.1 Å². The maximum atomic E-state index is 10.2. The van der Waals surface area contributed by atoms with Crippen molar-refractivity contribution in [3.8, 4) is 0 Å². The maximum absolute atomic E-state index is 10.2. The minimum atomic E-state index is -0.697. The fourth-order valence-electron chi connectivity index (χ4n) is 1.09. The number of carboxylic acid groups (broad SMARTS) is 1. The second-order valence-electron chi connectivity index (χ2n) is 3.98. The zero-order valence-electron chi connectivity index (χ0n) is 8.92. The molecule has 3 nitrogen and oxygen atoms in total. The highest BCUT2D eigenvalue weighted by Gasteiger charge is 2.02. The normalized spacial score (nSPS) is 11.2. The number of hydrogen-bond donors (Lipinski definition) is 1. The Hall–Kier alpha value is -0.570. The van der Waals surface area contributed by atoms with E-state index in [1.165, 1.54) is 6.42 Å². The van der Waals surface area contributed by atoms with Crippen molar-refractivity contribution >= 4 is 5.97 Å². The van der Waals surface area contributed by atoms with Gasteiger partial charge in [-0.1, -0.05) is 13.8 Å². The van der Waals surface area contributed by atoms with E-state index in [9.17, 15) is 4.79 Å². The van der Waals surface area contributed by atoms with Crippen LogP contribution in [0.5, 0.6) is 0 Å². The van der Waals surface area contributed by atoms with Gasteiger partial charge in [0, 0.05) is 6.42 Å². The minimum absolute atomic E-state index is 0.284. The summed E-state index contributed by atoms with van der Waals surface area (Å²) in [6.45, 7) is 6.35. The summed E-state index contributed by atoms with van der Waals surface area (Å²) in [6.07, 6.45) is 2.22. The lowest BCUT2D eigenvalue weighted by atomic mass is 10.1. The minimum Gasteiger partial charge on any atom is -0.481 e. The van der Waals surface area contributed by atoms with E-state index in [2.05, 4.69) is 18.7 Å². The summed E-state index contributed by atoms with van der Waals surface area (Å²) in [5, 5.41) is 8.43. The van der Waals surface area contributed by atoms with Crippen LogP contribution in [-0.4, -0.2) is 36.1 Å². The molecule has 3 heteroatoms. The van der Waals surface area contributed by atoms with Gasteiger partial charge in [-0.3, -0.25) is 4.79 Å². The number of rotatable bonds is 7. The predicted octanol–water partition coefficient (Wildman–Crippen LogP) is 1.83. The van der Waals surface area contributed by atoms with Gasteiger partial charge in [0.25, 0.3) is 0 Å². The molecule has 0 aromatic rings. The predicted molar refractivity (Wildman–Crippen MR) is 53.8 cm³/mol. The van der Waals surface area contributed by atoms with Crippen LogP contribution >= 0.6 is 0 Å². The van der Waals surface area contributed by atoms with Gasteiger partial charge >= 0.3 is 5.97 Å². The topological polar surface area (TPSA) is 40.5 Å². The molecular formula is C10H21NO2. The first-order valence-corrected chi connectivity index (χ1v) is 4.92. The van der Waals surface area contributed by atoms with Crippen molar-refractivity contribution in [3.05, 3.63) is 0 Å². The van der Waals surface area contributed by atoms with E-state index < -0.39 is 5.97 Å². The summed E-state index contributed by atoms with van der Waals surface area (Å²) in [4.78, 5) is 12.4. The molecule has 0 aliphatic rings. The van der Waals surface area contributed by atoms with E-state index in [1.807, 2.05) is 7.05 Å². The third-order valence-electron chi connectivity index (χ3n) is 2.02. The van der Waals surface area contributed by atoms with E-state index in [4.69, 9.17) is 5.11 Å². The van der Waals surface area contributed by atoms with Crippen molar-refractivity contribution in [2.24, 2.45) is 5.92 Å². The number of aliphatic carboxylic acids is 1. The lowest BCUT2D eigenvalue weighted by Gasteiger charge is -2.16. The Labute approximate surface area is 80.7 Å². The molecule has 78 valence electrons. The molecule has 0 saturated heterocycles. The second kappa shape index (κ2) is 6.89. The molecule has 13 heavy (non-hydrogen) atoms. The van der Waals surface area contributed by atoms with Gasteiger partial charge in [-0.05, 0) is 38.9 Å². The molecule has 0 atom stereocenters. The van der Waals surface area contributed by atoms with Gasteiger partial charge in [-0.2, -0.15) is 0 Å². The third-order valence-corrected chi connectivity index (χ3v) is 2.02. The van der Waals surface area contributed by atoms with Gasteiger partial charge in [0.2, 0.25) is 0 Å². The number of hydrogen-bond acceptors (Lipinski definition) is 2. The smallest absolute Gasteiger partial charge is 0.303 e. The summed E-state index contributed by atoms with van der Waals surface area (Å²) in [7, 11) is 2.05. The van der Waals surface area contributed by atoms with E-state index in [-0.39, 0.29) is 6.42 Å². The van der Waals surface area contributed by atoms with Crippen LogP contribution in [0.15, 0.2) is 0 Å². The van der Waals surface area contributed by atoms with Gasteiger partial charge in [0.1, 0.15) is 0 Å². The molecule has 0 spiro atoms. The monoisotopic (exact) mass is 187 g/mol. The summed E-state index contributed by atoms with van der Waals surface area (Å²) < 4.78 is 0. The van der Waals surface area contributed by atoms with Crippen LogP contribution in [0.3, 0.4) is 0 Å². The van der Waals surface area contributed by atoms with Crippen LogP contribution in [0.4, 0.5) is 0 Å². The summed E-state index contributed by atoms with van der Waals surface area (Å²) in [5.74, 6) is 0.0270. The van der Waals surface area contributed by atoms with Crippen molar-refractivity contribution in [1.82, 2.24) is 4.90 Å². The average Bonchev–Trinajstić information content (AvgIpc) is 2.00. The Morgan fingerprint density at radius 3 is 2.46 bits per heavy atom.